The number of carbonyl (C=O) groups is 2. The van der Waals surface area contributed by atoms with E-state index in [1.807, 2.05) is 27.7 Å². The van der Waals surface area contributed by atoms with E-state index in [0.717, 1.165) is 5.71 Å². The first-order chi connectivity index (χ1) is 11.6. The number of amides is 2. The molecule has 0 aromatic heterocycles. The van der Waals surface area contributed by atoms with Crippen LogP contribution in [-0.2, 0) is 9.59 Å². The Balaban J connectivity index is 1.95. The van der Waals surface area contributed by atoms with Gasteiger partial charge in [-0.1, -0.05) is 50.2 Å². The molecule has 1 aromatic carbocycles. The zero-order chi connectivity index (χ0) is 18.6. The lowest BCUT2D eigenvalue weighted by Crippen LogP contribution is -2.28. The third kappa shape index (κ3) is 5.86. The Morgan fingerprint density at radius 1 is 1.40 bits per heavy atom. The smallest absolute Gasteiger partial charge is 0.240 e. The number of benzene rings is 1. The van der Waals surface area contributed by atoms with Crippen LogP contribution < -0.4 is 10.6 Å². The summed E-state index contributed by atoms with van der Waals surface area (Å²) in [5.74, 6) is -0.501. The molecule has 25 heavy (non-hydrogen) atoms. The van der Waals surface area contributed by atoms with E-state index in [1.165, 1.54) is 11.8 Å². The zero-order valence-electron chi connectivity index (χ0n) is 14.6. The van der Waals surface area contributed by atoms with Crippen LogP contribution in [0.4, 0.5) is 5.69 Å². The van der Waals surface area contributed by atoms with Crippen molar-refractivity contribution >= 4 is 51.7 Å². The van der Waals surface area contributed by atoms with Gasteiger partial charge in [0, 0.05) is 28.3 Å². The number of anilines is 1. The van der Waals surface area contributed by atoms with Gasteiger partial charge in [-0.2, -0.15) is 5.10 Å². The second-order valence-corrected chi connectivity index (χ2v) is 8.33. The molecule has 0 radical (unpaired) electrons. The van der Waals surface area contributed by atoms with Crippen LogP contribution in [0.3, 0.4) is 0 Å². The molecule has 6 nitrogen and oxygen atoms in total. The Labute approximate surface area is 156 Å². The number of amidine groups is 1. The van der Waals surface area contributed by atoms with Crippen LogP contribution >= 0.6 is 23.4 Å². The predicted molar refractivity (Wildman–Crippen MR) is 104 cm³/mol. The second kappa shape index (κ2) is 8.01. The Kier molecular flexibility index (Phi) is 6.24. The first-order valence-electron chi connectivity index (χ1n) is 7.81. The molecule has 1 unspecified atom stereocenters. The summed E-state index contributed by atoms with van der Waals surface area (Å²) in [4.78, 5) is 24.1. The normalized spacial score (nSPS) is 19.9. The second-order valence-electron chi connectivity index (χ2n) is 6.70. The summed E-state index contributed by atoms with van der Waals surface area (Å²) >= 11 is 7.09. The van der Waals surface area contributed by atoms with E-state index in [9.17, 15) is 9.59 Å². The van der Waals surface area contributed by atoms with Gasteiger partial charge >= 0.3 is 0 Å². The molecule has 1 atom stereocenters. The van der Waals surface area contributed by atoms with E-state index in [4.69, 9.17) is 11.6 Å². The van der Waals surface area contributed by atoms with Gasteiger partial charge in [0.25, 0.3) is 0 Å². The fourth-order valence-corrected chi connectivity index (χ4v) is 2.91. The van der Waals surface area contributed by atoms with Crippen molar-refractivity contribution in [2.75, 3.05) is 5.32 Å². The largest absolute Gasteiger partial charge is 0.326 e. The molecule has 0 spiro atoms. The van der Waals surface area contributed by atoms with E-state index >= 15 is 0 Å². The van der Waals surface area contributed by atoms with Crippen molar-refractivity contribution in [3.05, 3.63) is 29.3 Å². The van der Waals surface area contributed by atoms with E-state index in [0.29, 0.717) is 15.9 Å². The SMILES string of the molecule is C/C(=N\N=C1\NC(=O)C(CC(=O)Nc2cccc(Cl)c2)S1)C(C)(C)C. The fraction of sp³-hybridized carbons (Fsp3) is 0.412. The lowest BCUT2D eigenvalue weighted by atomic mass is 9.91. The van der Waals surface area contributed by atoms with Crippen molar-refractivity contribution in [2.45, 2.75) is 39.4 Å². The van der Waals surface area contributed by atoms with Crippen molar-refractivity contribution < 1.29 is 9.59 Å². The number of halogens is 1. The number of rotatable bonds is 4. The third-order valence-electron chi connectivity index (χ3n) is 3.63. The molecule has 1 saturated heterocycles. The van der Waals surface area contributed by atoms with Crippen LogP contribution in [0.2, 0.25) is 5.02 Å². The van der Waals surface area contributed by atoms with E-state index in [2.05, 4.69) is 20.8 Å². The average Bonchev–Trinajstić information content (AvgIpc) is 2.83. The van der Waals surface area contributed by atoms with E-state index in [1.54, 1.807) is 24.3 Å². The van der Waals surface area contributed by atoms with Crippen LogP contribution in [0.25, 0.3) is 0 Å². The summed E-state index contributed by atoms with van der Waals surface area (Å²) in [7, 11) is 0. The minimum Gasteiger partial charge on any atom is -0.326 e. The Bertz CT molecular complexity index is 740. The molecule has 1 aliphatic rings. The molecule has 2 rings (SSSR count). The van der Waals surface area contributed by atoms with Crippen molar-refractivity contribution in [3.8, 4) is 0 Å². The van der Waals surface area contributed by atoms with Gasteiger partial charge in [0.2, 0.25) is 11.8 Å². The highest BCUT2D eigenvalue weighted by Crippen LogP contribution is 2.24. The summed E-state index contributed by atoms with van der Waals surface area (Å²) < 4.78 is 0. The van der Waals surface area contributed by atoms with Gasteiger partial charge in [-0.25, -0.2) is 0 Å². The van der Waals surface area contributed by atoms with E-state index in [-0.39, 0.29) is 23.7 Å². The molecule has 1 aromatic rings. The summed E-state index contributed by atoms with van der Waals surface area (Å²) in [6.07, 6.45) is 0.0456. The zero-order valence-corrected chi connectivity index (χ0v) is 16.2. The molecule has 1 heterocycles. The summed E-state index contributed by atoms with van der Waals surface area (Å²) in [6, 6.07) is 6.86. The van der Waals surface area contributed by atoms with Gasteiger partial charge in [0.05, 0.1) is 0 Å². The summed E-state index contributed by atoms with van der Waals surface area (Å²) in [6.45, 7) is 8.00. The fourth-order valence-electron chi connectivity index (χ4n) is 1.80. The number of hydrogen-bond donors (Lipinski definition) is 2. The van der Waals surface area contributed by atoms with Crippen LogP contribution in [0.5, 0.6) is 0 Å². The van der Waals surface area contributed by atoms with E-state index < -0.39 is 5.25 Å². The van der Waals surface area contributed by atoms with Gasteiger partial charge in [-0.3, -0.25) is 9.59 Å². The maximum Gasteiger partial charge on any atom is 0.240 e. The van der Waals surface area contributed by atoms with Crippen LogP contribution in [0.15, 0.2) is 34.5 Å². The predicted octanol–water partition coefficient (Wildman–Crippen LogP) is 3.68. The Morgan fingerprint density at radius 3 is 2.76 bits per heavy atom. The highest BCUT2D eigenvalue weighted by molar-refractivity contribution is 8.15. The van der Waals surface area contributed by atoms with Crippen LogP contribution in [-0.4, -0.2) is 27.9 Å². The Morgan fingerprint density at radius 2 is 2.12 bits per heavy atom. The maximum atomic E-state index is 12.1. The van der Waals surface area contributed by atoms with Gasteiger partial charge in [0.15, 0.2) is 5.17 Å². The molecule has 0 saturated carbocycles. The van der Waals surface area contributed by atoms with Crippen LogP contribution in [0.1, 0.15) is 34.1 Å². The average molecular weight is 381 g/mol. The van der Waals surface area contributed by atoms with Crippen molar-refractivity contribution in [1.29, 1.82) is 0 Å². The molecule has 8 heteroatoms. The molecular formula is C17H21ClN4O2S. The van der Waals surface area contributed by atoms with Gasteiger partial charge in [0.1, 0.15) is 5.25 Å². The number of thioether (sulfide) groups is 1. The molecule has 0 aliphatic carbocycles. The first-order valence-corrected chi connectivity index (χ1v) is 9.06. The highest BCUT2D eigenvalue weighted by atomic mass is 35.5. The minimum atomic E-state index is -0.525. The monoisotopic (exact) mass is 380 g/mol. The van der Waals surface area contributed by atoms with Crippen molar-refractivity contribution in [1.82, 2.24) is 5.32 Å². The summed E-state index contributed by atoms with van der Waals surface area (Å²) in [5.41, 5.74) is 1.37. The van der Waals surface area contributed by atoms with Crippen molar-refractivity contribution in [3.63, 3.8) is 0 Å². The molecule has 1 aliphatic heterocycles. The molecule has 2 amide bonds. The summed E-state index contributed by atoms with van der Waals surface area (Å²) in [5, 5.41) is 14.0. The molecule has 134 valence electrons. The number of nitrogens with one attached hydrogen (secondary N) is 2. The number of nitrogens with zero attached hydrogens (tertiary/aromatic N) is 2. The van der Waals surface area contributed by atoms with Gasteiger partial charge in [-0.15, -0.1) is 5.10 Å². The van der Waals surface area contributed by atoms with Gasteiger partial charge < -0.3 is 10.6 Å². The van der Waals surface area contributed by atoms with Gasteiger partial charge in [-0.05, 0) is 25.1 Å². The topological polar surface area (TPSA) is 82.9 Å². The van der Waals surface area contributed by atoms with Crippen LogP contribution in [0, 0.1) is 5.41 Å². The molecule has 2 N–H and O–H groups in total. The Hall–Kier alpha value is -1.86. The lowest BCUT2D eigenvalue weighted by Gasteiger charge is -2.16. The quantitative estimate of drug-likeness (QED) is 0.617. The molecular weight excluding hydrogens is 360 g/mol. The number of hydrogen-bond acceptors (Lipinski definition) is 5. The third-order valence-corrected chi connectivity index (χ3v) is 4.94. The molecule has 0 bridgehead atoms. The lowest BCUT2D eigenvalue weighted by molar-refractivity contribution is -0.122. The minimum absolute atomic E-state index is 0.0456. The standard InChI is InChI=1S/C17H21ClN4O2S/c1-10(17(2,3)4)21-22-16-20-15(24)13(25-16)9-14(23)19-12-7-5-6-11(18)8-12/h5-8,13H,9H2,1-4H3,(H,19,23)(H,20,22,24)/b21-10+. The highest BCUT2D eigenvalue weighted by Gasteiger charge is 2.32. The van der Waals surface area contributed by atoms with Crippen molar-refractivity contribution in [2.24, 2.45) is 15.6 Å². The maximum absolute atomic E-state index is 12.1. The first kappa shape index (κ1) is 19.5. The molecule has 1 fully saturated rings. The number of carbonyl (C=O) groups excluding carboxylic acids is 2.